The molecule has 1 rings (SSSR count). The first-order valence-corrected chi connectivity index (χ1v) is 7.73. The smallest absolute Gasteiger partial charge is 0.234 e. The van der Waals surface area contributed by atoms with Gasteiger partial charge in [0.1, 0.15) is 0 Å². The largest absolute Gasteiger partial charge is 0.352 e. The number of hydrogen-bond donors (Lipinski definition) is 2. The Hall–Kier alpha value is -0.570. The fraction of sp³-hybridized carbons (Fsp3) is 0.933. The Morgan fingerprint density at radius 1 is 1.17 bits per heavy atom. The monoisotopic (exact) mass is 254 g/mol. The van der Waals surface area contributed by atoms with Crippen molar-refractivity contribution in [3.05, 3.63) is 0 Å². The molecule has 1 saturated carbocycles. The minimum Gasteiger partial charge on any atom is -0.352 e. The second-order valence-corrected chi connectivity index (χ2v) is 5.52. The first-order chi connectivity index (χ1) is 8.71. The highest BCUT2D eigenvalue weighted by Gasteiger charge is 2.23. The van der Waals surface area contributed by atoms with Gasteiger partial charge in [-0.1, -0.05) is 40.0 Å². The van der Waals surface area contributed by atoms with Crippen molar-refractivity contribution in [3.8, 4) is 0 Å². The van der Waals surface area contributed by atoms with Crippen molar-refractivity contribution in [2.24, 2.45) is 5.92 Å². The van der Waals surface area contributed by atoms with E-state index in [1.54, 1.807) is 0 Å². The van der Waals surface area contributed by atoms with E-state index in [1.807, 2.05) is 0 Å². The quantitative estimate of drug-likeness (QED) is 0.733. The van der Waals surface area contributed by atoms with E-state index in [2.05, 4.69) is 31.4 Å². The highest BCUT2D eigenvalue weighted by molar-refractivity contribution is 5.78. The molecular formula is C15H30N2O. The summed E-state index contributed by atoms with van der Waals surface area (Å²) in [5.41, 5.74) is 0. The van der Waals surface area contributed by atoms with Crippen LogP contribution in [-0.2, 0) is 4.79 Å². The number of carbonyl (C=O) groups is 1. The van der Waals surface area contributed by atoms with Crippen molar-refractivity contribution < 1.29 is 4.79 Å². The third-order valence-electron chi connectivity index (χ3n) is 4.31. The Morgan fingerprint density at radius 2 is 1.83 bits per heavy atom. The van der Waals surface area contributed by atoms with Gasteiger partial charge in [0.15, 0.2) is 0 Å². The van der Waals surface area contributed by atoms with Crippen LogP contribution in [0.4, 0.5) is 0 Å². The van der Waals surface area contributed by atoms with Crippen LogP contribution in [0.15, 0.2) is 0 Å². The third kappa shape index (κ3) is 4.97. The molecule has 0 saturated heterocycles. The van der Waals surface area contributed by atoms with Crippen LogP contribution in [0.25, 0.3) is 0 Å². The molecule has 0 bridgehead atoms. The van der Waals surface area contributed by atoms with Crippen molar-refractivity contribution in [1.29, 1.82) is 0 Å². The van der Waals surface area contributed by atoms with Gasteiger partial charge in [0.05, 0.1) is 6.54 Å². The lowest BCUT2D eigenvalue weighted by molar-refractivity contribution is -0.121. The van der Waals surface area contributed by atoms with E-state index in [9.17, 15) is 4.79 Å². The summed E-state index contributed by atoms with van der Waals surface area (Å²) in [7, 11) is 0. The van der Waals surface area contributed by atoms with Gasteiger partial charge >= 0.3 is 0 Å². The first-order valence-electron chi connectivity index (χ1n) is 7.73. The fourth-order valence-corrected chi connectivity index (χ4v) is 2.96. The van der Waals surface area contributed by atoms with Crippen LogP contribution in [-0.4, -0.2) is 24.5 Å². The van der Waals surface area contributed by atoms with Crippen LogP contribution in [0.3, 0.4) is 0 Å². The van der Waals surface area contributed by atoms with Crippen molar-refractivity contribution in [2.45, 2.75) is 77.8 Å². The molecule has 0 heterocycles. The van der Waals surface area contributed by atoms with Crippen LogP contribution in [0.2, 0.25) is 0 Å². The zero-order chi connectivity index (χ0) is 13.4. The second-order valence-electron chi connectivity index (χ2n) is 5.52. The van der Waals surface area contributed by atoms with Crippen LogP contribution in [0.5, 0.6) is 0 Å². The molecule has 3 nitrogen and oxygen atoms in total. The Kier molecular flexibility index (Phi) is 7.33. The summed E-state index contributed by atoms with van der Waals surface area (Å²) in [6.45, 7) is 6.98. The lowest BCUT2D eigenvalue weighted by atomic mass is 9.83. The summed E-state index contributed by atoms with van der Waals surface area (Å²) < 4.78 is 0. The highest BCUT2D eigenvalue weighted by atomic mass is 16.1. The van der Waals surface area contributed by atoms with Crippen LogP contribution in [0.1, 0.15) is 65.7 Å². The van der Waals surface area contributed by atoms with Gasteiger partial charge in [-0.2, -0.15) is 0 Å². The summed E-state index contributed by atoms with van der Waals surface area (Å²) in [6, 6.07) is 0.892. The number of carbonyl (C=O) groups excluding carboxylic acids is 1. The Labute approximate surface area is 112 Å². The minimum atomic E-state index is 0.157. The standard InChI is InChI=1S/C15H30N2O/c1-4-12-9-7-8-10-14(12)16-11-15(18)17-13(5-2)6-3/h12-14,16H,4-11H2,1-3H3,(H,17,18). The molecule has 0 aromatic rings. The SMILES string of the molecule is CCC(CC)NC(=O)CNC1CCCCC1CC. The van der Waals surface area contributed by atoms with Gasteiger partial charge < -0.3 is 10.6 Å². The van der Waals surface area contributed by atoms with E-state index in [-0.39, 0.29) is 5.91 Å². The summed E-state index contributed by atoms with van der Waals surface area (Å²) in [5.74, 6) is 0.920. The molecule has 0 aromatic carbocycles. The van der Waals surface area contributed by atoms with Gasteiger partial charge in [0, 0.05) is 12.1 Å². The maximum Gasteiger partial charge on any atom is 0.234 e. The molecule has 1 fully saturated rings. The molecule has 2 atom stereocenters. The number of hydrogen-bond acceptors (Lipinski definition) is 2. The summed E-state index contributed by atoms with van der Waals surface area (Å²) in [6.07, 6.45) is 8.48. The van der Waals surface area contributed by atoms with Crippen molar-refractivity contribution in [3.63, 3.8) is 0 Å². The van der Waals surface area contributed by atoms with Crippen molar-refractivity contribution >= 4 is 5.91 Å². The lowest BCUT2D eigenvalue weighted by Gasteiger charge is -2.31. The fourth-order valence-electron chi connectivity index (χ4n) is 2.96. The van der Waals surface area contributed by atoms with Crippen LogP contribution < -0.4 is 10.6 Å². The molecule has 0 spiro atoms. The van der Waals surface area contributed by atoms with Gasteiger partial charge in [-0.15, -0.1) is 0 Å². The molecule has 1 aliphatic carbocycles. The van der Waals surface area contributed by atoms with Crippen LogP contribution >= 0.6 is 0 Å². The van der Waals surface area contributed by atoms with Crippen molar-refractivity contribution in [2.75, 3.05) is 6.54 Å². The molecule has 3 heteroatoms. The minimum absolute atomic E-state index is 0.157. The number of rotatable bonds is 7. The summed E-state index contributed by atoms with van der Waals surface area (Å²) in [4.78, 5) is 11.8. The van der Waals surface area contributed by atoms with Gasteiger partial charge in [0.2, 0.25) is 5.91 Å². The van der Waals surface area contributed by atoms with Gasteiger partial charge in [-0.25, -0.2) is 0 Å². The van der Waals surface area contributed by atoms with Gasteiger partial charge in [-0.3, -0.25) is 4.79 Å². The lowest BCUT2D eigenvalue weighted by Crippen LogP contribution is -2.45. The molecule has 2 unspecified atom stereocenters. The van der Waals surface area contributed by atoms with E-state index in [0.29, 0.717) is 18.6 Å². The zero-order valence-corrected chi connectivity index (χ0v) is 12.3. The molecule has 106 valence electrons. The number of nitrogens with one attached hydrogen (secondary N) is 2. The summed E-state index contributed by atoms with van der Waals surface area (Å²) >= 11 is 0. The predicted octanol–water partition coefficient (Wildman–Crippen LogP) is 2.85. The van der Waals surface area contributed by atoms with E-state index in [0.717, 1.165) is 18.8 Å². The van der Waals surface area contributed by atoms with Crippen LogP contribution in [0, 0.1) is 5.92 Å². The average molecular weight is 254 g/mol. The van der Waals surface area contributed by atoms with Gasteiger partial charge in [-0.05, 0) is 31.6 Å². The van der Waals surface area contributed by atoms with Gasteiger partial charge in [0.25, 0.3) is 0 Å². The van der Waals surface area contributed by atoms with E-state index >= 15 is 0 Å². The maximum absolute atomic E-state index is 11.8. The molecule has 0 aliphatic heterocycles. The Bertz CT molecular complexity index is 239. The molecule has 2 N–H and O–H groups in total. The average Bonchev–Trinajstić information content (AvgIpc) is 2.42. The zero-order valence-electron chi connectivity index (χ0n) is 12.3. The summed E-state index contributed by atoms with van der Waals surface area (Å²) in [5, 5.41) is 6.55. The van der Waals surface area contributed by atoms with Crippen molar-refractivity contribution in [1.82, 2.24) is 10.6 Å². The molecule has 1 amide bonds. The Balaban J connectivity index is 2.28. The molecule has 1 aliphatic rings. The highest BCUT2D eigenvalue weighted by Crippen LogP contribution is 2.26. The molecule has 0 aromatic heterocycles. The van der Waals surface area contributed by atoms with E-state index in [1.165, 1.54) is 32.1 Å². The second kappa shape index (κ2) is 8.52. The van der Waals surface area contributed by atoms with E-state index < -0.39 is 0 Å². The maximum atomic E-state index is 11.8. The topological polar surface area (TPSA) is 41.1 Å². The number of amides is 1. The normalized spacial score (nSPS) is 24.2. The third-order valence-corrected chi connectivity index (χ3v) is 4.31. The molecular weight excluding hydrogens is 224 g/mol. The Morgan fingerprint density at radius 3 is 2.44 bits per heavy atom. The first kappa shape index (κ1) is 15.5. The molecule has 18 heavy (non-hydrogen) atoms. The predicted molar refractivity (Wildman–Crippen MR) is 76.6 cm³/mol. The molecule has 0 radical (unpaired) electrons. The van der Waals surface area contributed by atoms with E-state index in [4.69, 9.17) is 0 Å².